The second kappa shape index (κ2) is 7.21. The van der Waals surface area contributed by atoms with Gasteiger partial charge in [0.25, 0.3) is 0 Å². The van der Waals surface area contributed by atoms with E-state index in [-0.39, 0.29) is 13.0 Å². The number of hydrogen-bond acceptors (Lipinski definition) is 7. The van der Waals surface area contributed by atoms with E-state index in [0.717, 1.165) is 0 Å². The highest BCUT2D eigenvalue weighted by Gasteiger charge is 2.23. The van der Waals surface area contributed by atoms with Gasteiger partial charge in [-0.15, -0.1) is 0 Å². The molecule has 0 aliphatic carbocycles. The van der Waals surface area contributed by atoms with E-state index in [4.69, 9.17) is 20.9 Å². The maximum atomic E-state index is 12.2. The lowest BCUT2D eigenvalue weighted by molar-refractivity contribution is -0.113. The fraction of sp³-hybridized carbons (Fsp3) is 0.286. The molecule has 1 aromatic rings. The van der Waals surface area contributed by atoms with Gasteiger partial charge in [0.2, 0.25) is 5.96 Å². The molecule has 4 N–H and O–H groups in total. The van der Waals surface area contributed by atoms with Crippen molar-refractivity contribution < 1.29 is 27.0 Å². The van der Waals surface area contributed by atoms with Crippen LogP contribution in [0.3, 0.4) is 0 Å². The molecule has 130 valence electrons. The number of ether oxygens (including phenoxy) is 2. The molecule has 1 heterocycles. The van der Waals surface area contributed by atoms with Crippen LogP contribution < -0.4 is 20.9 Å². The summed E-state index contributed by atoms with van der Waals surface area (Å²) < 4.78 is 38.2. The topological polar surface area (TPSA) is 143 Å². The van der Waals surface area contributed by atoms with E-state index in [1.54, 1.807) is 24.3 Å². The summed E-state index contributed by atoms with van der Waals surface area (Å²) in [5.41, 5.74) is 10.9. The molecule has 9 nitrogen and oxygen atoms in total. The van der Waals surface area contributed by atoms with Crippen molar-refractivity contribution in [3.8, 4) is 11.5 Å². The third-order valence-corrected chi connectivity index (χ3v) is 4.02. The second-order valence-electron chi connectivity index (χ2n) is 4.89. The van der Waals surface area contributed by atoms with Gasteiger partial charge in [-0.3, -0.25) is 9.08 Å². The molecule has 10 heteroatoms. The van der Waals surface area contributed by atoms with Crippen LogP contribution in [0.15, 0.2) is 28.9 Å². The van der Waals surface area contributed by atoms with Gasteiger partial charge in [-0.1, -0.05) is 0 Å². The average molecular weight is 355 g/mol. The molecule has 0 unspecified atom stereocenters. The Labute approximate surface area is 139 Å². The van der Waals surface area contributed by atoms with E-state index in [2.05, 4.69) is 9.44 Å². The van der Waals surface area contributed by atoms with Crippen LogP contribution >= 0.6 is 0 Å². The van der Waals surface area contributed by atoms with Gasteiger partial charge in [0.05, 0.1) is 13.7 Å². The number of Topliss-reactive ketones (excluding diaryl/α,β-unsaturated/α-hetero) is 1. The first-order chi connectivity index (χ1) is 11.3. The molecule has 2 rings (SSSR count). The highest BCUT2D eigenvalue weighted by Crippen LogP contribution is 2.30. The number of guanidine groups is 1. The smallest absolute Gasteiger partial charge is 0.336 e. The maximum absolute atomic E-state index is 12.2. The summed E-state index contributed by atoms with van der Waals surface area (Å²) in [6.45, 7) is 0.229. The van der Waals surface area contributed by atoms with Gasteiger partial charge in [0.1, 0.15) is 11.5 Å². The zero-order valence-electron chi connectivity index (χ0n) is 12.9. The number of benzene rings is 1. The van der Waals surface area contributed by atoms with Gasteiger partial charge in [0, 0.05) is 23.6 Å². The third kappa shape index (κ3) is 4.62. The number of hydrogen-bond donors (Lipinski definition) is 2. The van der Waals surface area contributed by atoms with Crippen molar-refractivity contribution in [1.29, 1.82) is 0 Å². The lowest BCUT2D eigenvalue weighted by Crippen LogP contribution is -2.25. The Bertz CT molecular complexity index is 797. The van der Waals surface area contributed by atoms with Gasteiger partial charge >= 0.3 is 10.1 Å². The predicted molar refractivity (Wildman–Crippen MR) is 86.8 cm³/mol. The number of fused-ring (bicyclic) bond motifs is 1. The molecule has 1 aliphatic rings. The molecule has 0 fully saturated rings. The summed E-state index contributed by atoms with van der Waals surface area (Å²) in [6.07, 6.45) is 1.84. The summed E-state index contributed by atoms with van der Waals surface area (Å²) in [5.74, 6) is -0.882. The van der Waals surface area contributed by atoms with Crippen molar-refractivity contribution in [2.45, 2.75) is 6.42 Å². The van der Waals surface area contributed by atoms with Crippen LogP contribution in [-0.2, 0) is 19.2 Å². The fourth-order valence-electron chi connectivity index (χ4n) is 2.02. The quantitative estimate of drug-likeness (QED) is 0.411. The van der Waals surface area contributed by atoms with E-state index in [0.29, 0.717) is 22.6 Å². The van der Waals surface area contributed by atoms with Gasteiger partial charge in [0.15, 0.2) is 11.5 Å². The first-order valence-corrected chi connectivity index (χ1v) is 8.43. The van der Waals surface area contributed by atoms with Gasteiger partial charge < -0.3 is 20.9 Å². The number of rotatable bonds is 6. The number of nitrogens with two attached hydrogens (primary N) is 2. The molecule has 0 saturated carbocycles. The number of carbonyl (C=O) groups excluding carboxylic acids is 1. The molecule has 0 aromatic heterocycles. The SMILES string of the molecule is COc1ccc2c(c1)OCCC(C(=O)CS(=O)(=O)ON=C(N)N)=C2. The summed E-state index contributed by atoms with van der Waals surface area (Å²) in [5, 5.41) is 2.94. The van der Waals surface area contributed by atoms with Crippen LogP contribution in [0.25, 0.3) is 6.08 Å². The van der Waals surface area contributed by atoms with E-state index in [9.17, 15) is 13.2 Å². The molecule has 0 atom stereocenters. The number of methoxy groups -OCH3 is 1. The Morgan fingerprint density at radius 1 is 1.38 bits per heavy atom. The standard InChI is InChI=1S/C14H17N3O6S/c1-21-11-3-2-10-6-9(4-5-22-13(10)7-11)12(18)8-24(19,20)23-17-14(15)16/h2-3,6-7H,4-5,8H2,1H3,(H4,15,16,17). The first kappa shape index (κ1) is 17.6. The zero-order chi connectivity index (χ0) is 17.7. The Hall–Kier alpha value is -2.75. The number of nitrogens with zero attached hydrogens (tertiary/aromatic N) is 1. The average Bonchev–Trinajstić information content (AvgIpc) is 2.74. The number of ketones is 1. The van der Waals surface area contributed by atoms with Gasteiger partial charge in [-0.25, -0.2) is 0 Å². The van der Waals surface area contributed by atoms with Crippen molar-refractivity contribution in [2.75, 3.05) is 19.5 Å². The van der Waals surface area contributed by atoms with Crippen molar-refractivity contribution in [1.82, 2.24) is 0 Å². The Morgan fingerprint density at radius 3 is 2.79 bits per heavy atom. The Balaban J connectivity index is 2.19. The van der Waals surface area contributed by atoms with E-state index in [1.807, 2.05) is 0 Å². The minimum Gasteiger partial charge on any atom is -0.497 e. The van der Waals surface area contributed by atoms with Crippen LogP contribution in [0.4, 0.5) is 0 Å². The minimum absolute atomic E-state index is 0.229. The maximum Gasteiger partial charge on any atom is 0.336 e. The molecular formula is C14H17N3O6S. The third-order valence-electron chi connectivity index (χ3n) is 3.10. The van der Waals surface area contributed by atoms with Crippen LogP contribution in [0.5, 0.6) is 11.5 Å². The van der Waals surface area contributed by atoms with Crippen LogP contribution in [0, 0.1) is 0 Å². The van der Waals surface area contributed by atoms with E-state index in [1.165, 1.54) is 7.11 Å². The zero-order valence-corrected chi connectivity index (χ0v) is 13.7. The molecule has 0 saturated heterocycles. The highest BCUT2D eigenvalue weighted by molar-refractivity contribution is 7.87. The molecule has 1 aliphatic heterocycles. The molecule has 0 bridgehead atoms. The lowest BCUT2D eigenvalue weighted by atomic mass is 10.1. The number of oxime groups is 1. The predicted octanol–water partition coefficient (Wildman–Crippen LogP) is -0.0350. The van der Waals surface area contributed by atoms with Crippen LogP contribution in [0.1, 0.15) is 12.0 Å². The van der Waals surface area contributed by atoms with E-state index < -0.39 is 27.6 Å². The summed E-state index contributed by atoms with van der Waals surface area (Å²) in [6, 6.07) is 5.12. The van der Waals surface area contributed by atoms with Crippen LogP contribution in [0.2, 0.25) is 0 Å². The largest absolute Gasteiger partial charge is 0.497 e. The Kier molecular flexibility index (Phi) is 5.29. The molecule has 24 heavy (non-hydrogen) atoms. The first-order valence-electron chi connectivity index (χ1n) is 6.85. The summed E-state index contributed by atoms with van der Waals surface area (Å²) in [4.78, 5) is 12.2. The molecule has 0 amide bonds. The van der Waals surface area contributed by atoms with Crippen molar-refractivity contribution in [3.63, 3.8) is 0 Å². The van der Waals surface area contributed by atoms with Crippen LogP contribution in [-0.4, -0.2) is 39.6 Å². The van der Waals surface area contributed by atoms with Gasteiger partial charge in [-0.05, 0) is 23.4 Å². The minimum atomic E-state index is -4.22. The van der Waals surface area contributed by atoms with Crippen molar-refractivity contribution in [2.24, 2.45) is 16.6 Å². The highest BCUT2D eigenvalue weighted by atomic mass is 32.2. The van der Waals surface area contributed by atoms with Crippen molar-refractivity contribution in [3.05, 3.63) is 29.3 Å². The monoisotopic (exact) mass is 355 g/mol. The summed E-state index contributed by atoms with van der Waals surface area (Å²) in [7, 11) is -2.69. The van der Waals surface area contributed by atoms with E-state index >= 15 is 0 Å². The normalized spacial score (nSPS) is 13.6. The van der Waals surface area contributed by atoms with Crippen molar-refractivity contribution >= 4 is 27.9 Å². The molecule has 0 radical (unpaired) electrons. The second-order valence-corrected chi connectivity index (χ2v) is 6.44. The Morgan fingerprint density at radius 2 is 2.12 bits per heavy atom. The molecular weight excluding hydrogens is 338 g/mol. The fourth-order valence-corrected chi connectivity index (χ4v) is 2.77. The number of carbonyl (C=O) groups is 1. The summed E-state index contributed by atoms with van der Waals surface area (Å²) >= 11 is 0. The molecule has 0 spiro atoms. The lowest BCUT2D eigenvalue weighted by Gasteiger charge is -2.07. The van der Waals surface area contributed by atoms with Gasteiger partial charge in [-0.2, -0.15) is 8.42 Å². The molecule has 1 aromatic carbocycles.